The van der Waals surface area contributed by atoms with E-state index in [1.165, 1.54) is 0 Å². The average molecular weight is 232 g/mol. The van der Waals surface area contributed by atoms with Crippen LogP contribution in [0.4, 0.5) is 0 Å². The molecule has 0 saturated carbocycles. The van der Waals surface area contributed by atoms with E-state index in [1.54, 1.807) is 0 Å². The molecular weight excluding hydrogens is 219 g/mol. The van der Waals surface area contributed by atoms with Crippen LogP contribution in [0.1, 0.15) is 18.3 Å². The van der Waals surface area contributed by atoms with E-state index in [-0.39, 0.29) is 0 Å². The summed E-state index contributed by atoms with van der Waals surface area (Å²) in [6, 6.07) is 12.4. The maximum atomic E-state index is 5.66. The lowest BCUT2D eigenvalue weighted by Crippen LogP contribution is -1.94. The normalized spacial score (nSPS) is 11.2. The lowest BCUT2D eigenvalue weighted by Gasteiger charge is -2.06. The van der Waals surface area contributed by atoms with Crippen molar-refractivity contribution in [2.75, 3.05) is 0 Å². The standard InChI is InChI=1S/C15H13BN2/c1-2-12-7-5-10-3-4-11-6-8-13(9-16)18-15(11)14(10)17-12/h3-8H,2,9H2,1H3. The fourth-order valence-electron chi connectivity index (χ4n) is 2.16. The average Bonchev–Trinajstić information content (AvgIpc) is 2.45. The van der Waals surface area contributed by atoms with Crippen LogP contribution >= 0.6 is 0 Å². The first-order valence-electron chi connectivity index (χ1n) is 6.20. The monoisotopic (exact) mass is 232 g/mol. The predicted molar refractivity (Wildman–Crippen MR) is 75.9 cm³/mol. The Labute approximate surface area is 107 Å². The highest BCUT2D eigenvalue weighted by Gasteiger charge is 2.05. The van der Waals surface area contributed by atoms with Gasteiger partial charge in [0.2, 0.25) is 0 Å². The Morgan fingerprint density at radius 2 is 1.33 bits per heavy atom. The van der Waals surface area contributed by atoms with Gasteiger partial charge in [0.05, 0.1) is 18.9 Å². The van der Waals surface area contributed by atoms with Gasteiger partial charge in [0, 0.05) is 22.2 Å². The Hall–Kier alpha value is -1.90. The van der Waals surface area contributed by atoms with Gasteiger partial charge in [-0.1, -0.05) is 31.2 Å². The highest BCUT2D eigenvalue weighted by molar-refractivity contribution is 6.08. The number of hydrogen-bond donors (Lipinski definition) is 0. The quantitative estimate of drug-likeness (QED) is 0.501. The highest BCUT2D eigenvalue weighted by atomic mass is 14.8. The van der Waals surface area contributed by atoms with Crippen LogP contribution in [0.15, 0.2) is 36.4 Å². The van der Waals surface area contributed by atoms with E-state index in [9.17, 15) is 0 Å². The van der Waals surface area contributed by atoms with Gasteiger partial charge in [0.1, 0.15) is 0 Å². The van der Waals surface area contributed by atoms with Gasteiger partial charge in [-0.3, -0.25) is 9.97 Å². The first kappa shape index (κ1) is 11.2. The fraction of sp³-hybridized carbons (Fsp3) is 0.200. The number of fused-ring (bicyclic) bond motifs is 3. The zero-order chi connectivity index (χ0) is 12.5. The Morgan fingerprint density at radius 1 is 0.833 bits per heavy atom. The third kappa shape index (κ3) is 1.76. The van der Waals surface area contributed by atoms with Crippen molar-refractivity contribution in [1.82, 2.24) is 9.97 Å². The van der Waals surface area contributed by atoms with Gasteiger partial charge in [-0.2, -0.15) is 0 Å². The van der Waals surface area contributed by atoms with Crippen molar-refractivity contribution in [3.8, 4) is 0 Å². The van der Waals surface area contributed by atoms with Gasteiger partial charge in [-0.15, -0.1) is 0 Å². The van der Waals surface area contributed by atoms with E-state index >= 15 is 0 Å². The van der Waals surface area contributed by atoms with Crippen LogP contribution in [0.5, 0.6) is 0 Å². The molecule has 1 aromatic carbocycles. The summed E-state index contributed by atoms with van der Waals surface area (Å²) in [5.41, 5.74) is 3.92. The number of aromatic nitrogens is 2. The van der Waals surface area contributed by atoms with E-state index in [2.05, 4.69) is 42.2 Å². The molecule has 2 radical (unpaired) electrons. The first-order valence-corrected chi connectivity index (χ1v) is 6.20. The summed E-state index contributed by atoms with van der Waals surface area (Å²) in [6.07, 6.45) is 1.39. The summed E-state index contributed by atoms with van der Waals surface area (Å²) in [4.78, 5) is 9.30. The van der Waals surface area contributed by atoms with E-state index in [0.29, 0.717) is 6.32 Å². The van der Waals surface area contributed by atoms with E-state index in [1.807, 2.05) is 6.07 Å². The molecule has 2 heterocycles. The SMILES string of the molecule is [B]Cc1ccc2ccc3ccc(CC)nc3c2n1. The molecule has 0 aliphatic heterocycles. The molecule has 0 amide bonds. The minimum atomic E-state index is 0.458. The summed E-state index contributed by atoms with van der Waals surface area (Å²) >= 11 is 0. The second kappa shape index (κ2) is 4.41. The molecule has 0 N–H and O–H groups in total. The molecule has 2 aromatic heterocycles. The summed E-state index contributed by atoms with van der Waals surface area (Å²) in [5.74, 6) is 0. The van der Waals surface area contributed by atoms with E-state index < -0.39 is 0 Å². The van der Waals surface area contributed by atoms with Gasteiger partial charge in [-0.25, -0.2) is 0 Å². The molecule has 3 heteroatoms. The van der Waals surface area contributed by atoms with Crippen LogP contribution in [0.3, 0.4) is 0 Å². The van der Waals surface area contributed by atoms with Crippen LogP contribution in [-0.4, -0.2) is 17.8 Å². The van der Waals surface area contributed by atoms with Gasteiger partial charge >= 0.3 is 0 Å². The van der Waals surface area contributed by atoms with E-state index in [4.69, 9.17) is 12.8 Å². The number of hydrogen-bond acceptors (Lipinski definition) is 2. The molecule has 0 saturated heterocycles. The third-order valence-electron chi connectivity index (χ3n) is 3.21. The predicted octanol–water partition coefficient (Wildman–Crippen LogP) is 3.01. The molecule has 0 bridgehead atoms. The van der Waals surface area contributed by atoms with Crippen LogP contribution in [0.2, 0.25) is 0 Å². The lowest BCUT2D eigenvalue weighted by molar-refractivity contribution is 1.06. The fourth-order valence-corrected chi connectivity index (χ4v) is 2.16. The second-order valence-corrected chi connectivity index (χ2v) is 4.37. The van der Waals surface area contributed by atoms with Crippen LogP contribution in [0.25, 0.3) is 21.8 Å². The van der Waals surface area contributed by atoms with Crippen molar-refractivity contribution in [2.24, 2.45) is 0 Å². The maximum Gasteiger partial charge on any atom is 0.0967 e. The minimum absolute atomic E-state index is 0.458. The molecule has 3 aromatic rings. The smallest absolute Gasteiger partial charge is 0.0967 e. The largest absolute Gasteiger partial charge is 0.251 e. The van der Waals surface area contributed by atoms with Crippen molar-refractivity contribution in [1.29, 1.82) is 0 Å². The summed E-state index contributed by atoms with van der Waals surface area (Å²) in [6.45, 7) is 2.11. The Morgan fingerprint density at radius 3 is 1.89 bits per heavy atom. The number of pyridine rings is 2. The van der Waals surface area contributed by atoms with Crippen molar-refractivity contribution in [3.05, 3.63) is 47.8 Å². The first-order chi connectivity index (χ1) is 8.81. The van der Waals surface area contributed by atoms with Crippen LogP contribution < -0.4 is 0 Å². The van der Waals surface area contributed by atoms with Gasteiger partial charge < -0.3 is 0 Å². The highest BCUT2D eigenvalue weighted by Crippen LogP contribution is 2.23. The zero-order valence-electron chi connectivity index (χ0n) is 10.4. The number of nitrogens with zero attached hydrogens (tertiary/aromatic N) is 2. The summed E-state index contributed by atoms with van der Waals surface area (Å²) in [7, 11) is 5.66. The molecule has 18 heavy (non-hydrogen) atoms. The van der Waals surface area contributed by atoms with Gasteiger partial charge in [0.15, 0.2) is 0 Å². The zero-order valence-corrected chi connectivity index (χ0v) is 10.4. The molecule has 2 nitrogen and oxygen atoms in total. The molecule has 0 fully saturated rings. The molecule has 86 valence electrons. The summed E-state index contributed by atoms with van der Waals surface area (Å²) < 4.78 is 0. The van der Waals surface area contributed by atoms with Crippen molar-refractivity contribution in [3.63, 3.8) is 0 Å². The lowest BCUT2D eigenvalue weighted by atomic mass is 10.0. The molecule has 3 rings (SSSR count). The summed E-state index contributed by atoms with van der Waals surface area (Å²) in [5, 5.41) is 2.24. The Balaban J connectivity index is 2.40. The molecule has 0 atom stereocenters. The second-order valence-electron chi connectivity index (χ2n) is 4.37. The number of aryl methyl sites for hydroxylation is 1. The van der Waals surface area contributed by atoms with E-state index in [0.717, 1.165) is 39.6 Å². The number of benzene rings is 1. The van der Waals surface area contributed by atoms with Crippen LogP contribution in [0, 0.1) is 0 Å². The maximum absolute atomic E-state index is 5.66. The van der Waals surface area contributed by atoms with Gasteiger partial charge in [-0.05, 0) is 24.9 Å². The third-order valence-corrected chi connectivity index (χ3v) is 3.21. The topological polar surface area (TPSA) is 25.8 Å². The molecular formula is C15H13BN2. The molecule has 0 aliphatic carbocycles. The number of rotatable bonds is 2. The van der Waals surface area contributed by atoms with Gasteiger partial charge in [0.25, 0.3) is 0 Å². The minimum Gasteiger partial charge on any atom is -0.251 e. The Kier molecular flexibility index (Phi) is 2.75. The molecule has 0 unspecified atom stereocenters. The van der Waals surface area contributed by atoms with Crippen molar-refractivity contribution < 1.29 is 0 Å². The molecule has 0 aliphatic rings. The van der Waals surface area contributed by atoms with Crippen molar-refractivity contribution >= 4 is 29.7 Å². The van der Waals surface area contributed by atoms with Crippen molar-refractivity contribution in [2.45, 2.75) is 19.7 Å². The molecule has 0 spiro atoms. The Bertz CT molecular complexity index is 659. The van der Waals surface area contributed by atoms with Crippen LogP contribution in [-0.2, 0) is 12.7 Å².